The molecular formula is C14H25NO2. The Labute approximate surface area is 105 Å². The molecule has 0 heterocycles. The molecule has 0 N–H and O–H groups in total. The van der Waals surface area contributed by atoms with E-state index < -0.39 is 0 Å². The topological polar surface area (TPSA) is 29.5 Å². The largest absolute Gasteiger partial charge is 0.468 e. The summed E-state index contributed by atoms with van der Waals surface area (Å²) in [7, 11) is 3.62. The number of carbonyl (C=O) groups is 1. The van der Waals surface area contributed by atoms with Crippen molar-refractivity contribution in [2.45, 2.75) is 57.5 Å². The van der Waals surface area contributed by atoms with Crippen LogP contribution in [0.1, 0.15) is 45.4 Å². The van der Waals surface area contributed by atoms with E-state index in [0.29, 0.717) is 12.0 Å². The summed E-state index contributed by atoms with van der Waals surface area (Å²) in [5, 5.41) is 0. The minimum absolute atomic E-state index is 0.00954. The number of likely N-dealkylation sites (N-methyl/N-ethyl adjacent to an activating group) is 1. The van der Waals surface area contributed by atoms with Crippen LogP contribution in [0.15, 0.2) is 0 Å². The molecule has 0 saturated heterocycles. The Kier molecular flexibility index (Phi) is 4.08. The van der Waals surface area contributed by atoms with Gasteiger partial charge in [-0.15, -0.1) is 0 Å². The van der Waals surface area contributed by atoms with Crippen molar-refractivity contribution < 1.29 is 9.53 Å². The molecule has 0 amide bonds. The van der Waals surface area contributed by atoms with Crippen molar-refractivity contribution in [1.29, 1.82) is 0 Å². The third kappa shape index (κ3) is 3.01. The van der Waals surface area contributed by atoms with Crippen molar-refractivity contribution in [3.05, 3.63) is 0 Å². The normalized spacial score (nSPS) is 31.3. The highest BCUT2D eigenvalue weighted by Gasteiger charge is 2.42. The minimum Gasteiger partial charge on any atom is -0.468 e. The van der Waals surface area contributed by atoms with Crippen molar-refractivity contribution in [1.82, 2.24) is 4.90 Å². The molecule has 2 rings (SSSR count). The van der Waals surface area contributed by atoms with Crippen LogP contribution in [0.5, 0.6) is 0 Å². The molecule has 0 aromatic carbocycles. The third-order valence-corrected chi connectivity index (χ3v) is 4.43. The molecule has 2 fully saturated rings. The van der Waals surface area contributed by atoms with Crippen LogP contribution in [-0.2, 0) is 9.53 Å². The average Bonchev–Trinajstić information content (AvgIpc) is 3.13. The Balaban J connectivity index is 1.99. The maximum atomic E-state index is 11.9. The van der Waals surface area contributed by atoms with Crippen LogP contribution in [0, 0.1) is 11.8 Å². The van der Waals surface area contributed by atoms with Crippen LogP contribution >= 0.6 is 0 Å². The summed E-state index contributed by atoms with van der Waals surface area (Å²) >= 11 is 0. The second-order valence-corrected chi connectivity index (χ2v) is 5.90. The predicted octanol–water partition coefficient (Wildman–Crippen LogP) is 2.45. The molecule has 3 atom stereocenters. The molecule has 2 saturated carbocycles. The fourth-order valence-corrected chi connectivity index (χ4v) is 3.22. The molecule has 0 bridgehead atoms. The Morgan fingerprint density at radius 1 is 1.29 bits per heavy atom. The number of methoxy groups -OCH3 is 1. The van der Waals surface area contributed by atoms with Crippen LogP contribution in [-0.4, -0.2) is 37.1 Å². The summed E-state index contributed by atoms with van der Waals surface area (Å²) in [5.74, 6) is 1.31. The molecule has 0 aromatic rings. The lowest BCUT2D eigenvalue weighted by Gasteiger charge is -2.38. The summed E-state index contributed by atoms with van der Waals surface area (Å²) in [5.41, 5.74) is 0. The SMILES string of the molecule is COC(=O)C(C1CC1)N(C)C1CCCC(C)C1. The number of rotatable bonds is 4. The summed E-state index contributed by atoms with van der Waals surface area (Å²) in [6.45, 7) is 2.32. The zero-order valence-electron chi connectivity index (χ0n) is 11.3. The highest BCUT2D eigenvalue weighted by Crippen LogP contribution is 2.38. The quantitative estimate of drug-likeness (QED) is 0.706. The Morgan fingerprint density at radius 2 is 2.00 bits per heavy atom. The minimum atomic E-state index is -0.0340. The first-order valence-electron chi connectivity index (χ1n) is 6.93. The summed E-state index contributed by atoms with van der Waals surface area (Å²) in [6, 6.07) is 0.582. The zero-order chi connectivity index (χ0) is 12.4. The Hall–Kier alpha value is -0.570. The van der Waals surface area contributed by atoms with Crippen LogP contribution in [0.25, 0.3) is 0 Å². The smallest absolute Gasteiger partial charge is 0.323 e. The van der Waals surface area contributed by atoms with E-state index in [-0.39, 0.29) is 12.0 Å². The predicted molar refractivity (Wildman–Crippen MR) is 67.7 cm³/mol. The van der Waals surface area contributed by atoms with Gasteiger partial charge in [0.2, 0.25) is 0 Å². The molecular weight excluding hydrogens is 214 g/mol. The maximum absolute atomic E-state index is 11.9. The number of nitrogens with zero attached hydrogens (tertiary/aromatic N) is 1. The lowest BCUT2D eigenvalue weighted by atomic mass is 9.85. The van der Waals surface area contributed by atoms with Gasteiger partial charge in [0.15, 0.2) is 0 Å². The lowest BCUT2D eigenvalue weighted by molar-refractivity contribution is -0.148. The zero-order valence-corrected chi connectivity index (χ0v) is 11.3. The summed E-state index contributed by atoms with van der Waals surface area (Å²) < 4.78 is 4.97. The van der Waals surface area contributed by atoms with Gasteiger partial charge in [0, 0.05) is 6.04 Å². The van der Waals surface area contributed by atoms with Crippen LogP contribution in [0.3, 0.4) is 0 Å². The molecule has 0 aliphatic heterocycles. The number of carbonyl (C=O) groups excluding carboxylic acids is 1. The van der Waals surface area contributed by atoms with Gasteiger partial charge in [-0.05, 0) is 44.6 Å². The molecule has 3 unspecified atom stereocenters. The molecule has 17 heavy (non-hydrogen) atoms. The van der Waals surface area contributed by atoms with Gasteiger partial charge >= 0.3 is 5.97 Å². The molecule has 2 aliphatic carbocycles. The van der Waals surface area contributed by atoms with Gasteiger partial charge in [-0.3, -0.25) is 9.69 Å². The molecule has 98 valence electrons. The van der Waals surface area contributed by atoms with Crippen LogP contribution in [0.4, 0.5) is 0 Å². The van der Waals surface area contributed by atoms with E-state index in [1.54, 1.807) is 0 Å². The van der Waals surface area contributed by atoms with Gasteiger partial charge in [0.05, 0.1) is 7.11 Å². The van der Waals surface area contributed by atoms with Gasteiger partial charge in [-0.25, -0.2) is 0 Å². The van der Waals surface area contributed by atoms with Gasteiger partial charge in [0.1, 0.15) is 6.04 Å². The Bertz CT molecular complexity index is 275. The number of esters is 1. The van der Waals surface area contributed by atoms with Gasteiger partial charge in [0.25, 0.3) is 0 Å². The highest BCUT2D eigenvalue weighted by molar-refractivity contribution is 5.76. The molecule has 0 aromatic heterocycles. The van der Waals surface area contributed by atoms with E-state index in [0.717, 1.165) is 5.92 Å². The van der Waals surface area contributed by atoms with Crippen molar-refractivity contribution in [3.8, 4) is 0 Å². The third-order valence-electron chi connectivity index (χ3n) is 4.43. The molecule has 3 heteroatoms. The van der Waals surface area contributed by atoms with E-state index in [2.05, 4.69) is 18.9 Å². The standard InChI is InChI=1S/C14H25NO2/c1-10-5-4-6-12(9-10)15(2)13(11-7-8-11)14(16)17-3/h10-13H,4-9H2,1-3H3. The summed E-state index contributed by atoms with van der Waals surface area (Å²) in [4.78, 5) is 14.2. The van der Waals surface area contributed by atoms with E-state index in [1.807, 2.05) is 0 Å². The first-order valence-corrected chi connectivity index (χ1v) is 6.93. The van der Waals surface area contributed by atoms with Gasteiger partial charge in [-0.2, -0.15) is 0 Å². The van der Waals surface area contributed by atoms with Crippen molar-refractivity contribution in [3.63, 3.8) is 0 Å². The first-order chi connectivity index (χ1) is 8.13. The monoisotopic (exact) mass is 239 g/mol. The van der Waals surface area contributed by atoms with Crippen molar-refractivity contribution in [2.75, 3.05) is 14.2 Å². The first kappa shape index (κ1) is 12.9. The van der Waals surface area contributed by atoms with E-state index >= 15 is 0 Å². The molecule has 2 aliphatic rings. The van der Waals surface area contributed by atoms with E-state index in [1.165, 1.54) is 45.6 Å². The van der Waals surface area contributed by atoms with Crippen LogP contribution < -0.4 is 0 Å². The number of ether oxygens (including phenoxy) is 1. The Morgan fingerprint density at radius 3 is 2.53 bits per heavy atom. The fraction of sp³-hybridized carbons (Fsp3) is 0.929. The summed E-state index contributed by atoms with van der Waals surface area (Å²) in [6.07, 6.45) is 7.49. The lowest BCUT2D eigenvalue weighted by Crippen LogP contribution is -2.48. The molecule has 0 radical (unpaired) electrons. The number of hydrogen-bond acceptors (Lipinski definition) is 3. The van der Waals surface area contributed by atoms with E-state index in [9.17, 15) is 4.79 Å². The van der Waals surface area contributed by atoms with Gasteiger partial charge < -0.3 is 4.74 Å². The van der Waals surface area contributed by atoms with Crippen LogP contribution in [0.2, 0.25) is 0 Å². The second kappa shape index (κ2) is 5.38. The highest BCUT2D eigenvalue weighted by atomic mass is 16.5. The molecule has 0 spiro atoms. The van der Waals surface area contributed by atoms with E-state index in [4.69, 9.17) is 4.74 Å². The van der Waals surface area contributed by atoms with Gasteiger partial charge in [-0.1, -0.05) is 19.8 Å². The average molecular weight is 239 g/mol. The second-order valence-electron chi connectivity index (χ2n) is 5.90. The fourth-order valence-electron chi connectivity index (χ4n) is 3.22. The maximum Gasteiger partial charge on any atom is 0.323 e. The molecule has 3 nitrogen and oxygen atoms in total. The number of hydrogen-bond donors (Lipinski definition) is 0. The van der Waals surface area contributed by atoms with Crippen molar-refractivity contribution in [2.24, 2.45) is 11.8 Å². The van der Waals surface area contributed by atoms with Crippen molar-refractivity contribution >= 4 is 5.97 Å².